The van der Waals surface area contributed by atoms with Gasteiger partial charge in [0.1, 0.15) is 0 Å². The summed E-state index contributed by atoms with van der Waals surface area (Å²) in [7, 11) is 0. The van der Waals surface area contributed by atoms with Gasteiger partial charge in [-0.2, -0.15) is 0 Å². The molecule has 2 rings (SSSR count). The van der Waals surface area contributed by atoms with Crippen molar-refractivity contribution in [1.29, 1.82) is 0 Å². The van der Waals surface area contributed by atoms with Crippen molar-refractivity contribution < 1.29 is 4.79 Å². The molecule has 0 bridgehead atoms. The second-order valence-electron chi connectivity index (χ2n) is 4.91. The molecule has 1 heterocycles. The summed E-state index contributed by atoms with van der Waals surface area (Å²) >= 11 is 0. The van der Waals surface area contributed by atoms with Gasteiger partial charge < -0.3 is 10.6 Å². The second kappa shape index (κ2) is 5.32. The predicted molar refractivity (Wildman–Crippen MR) is 68.2 cm³/mol. The molecule has 1 aromatic rings. The Balaban J connectivity index is 1.94. The Morgan fingerprint density at radius 1 is 1.41 bits per heavy atom. The Hall–Kier alpha value is -1.35. The van der Waals surface area contributed by atoms with Crippen LogP contribution in [-0.2, 0) is 11.3 Å². The maximum atomic E-state index is 12.0. The van der Waals surface area contributed by atoms with E-state index in [0.717, 1.165) is 19.5 Å². The molecule has 0 radical (unpaired) electrons. The maximum absolute atomic E-state index is 12.0. The predicted octanol–water partition coefficient (Wildman–Crippen LogP) is 1.77. The van der Waals surface area contributed by atoms with E-state index in [0.29, 0.717) is 12.3 Å². The summed E-state index contributed by atoms with van der Waals surface area (Å²) in [6, 6.07) is 10.3. The van der Waals surface area contributed by atoms with Crippen LogP contribution >= 0.6 is 0 Å². The van der Waals surface area contributed by atoms with Gasteiger partial charge in [0.25, 0.3) is 0 Å². The van der Waals surface area contributed by atoms with Crippen molar-refractivity contribution in [2.75, 3.05) is 6.54 Å². The van der Waals surface area contributed by atoms with Crippen LogP contribution < -0.4 is 5.73 Å². The molecule has 1 aromatic carbocycles. The lowest BCUT2D eigenvalue weighted by molar-refractivity contribution is -0.135. The number of carbonyl (C=O) groups is 1. The van der Waals surface area contributed by atoms with Gasteiger partial charge in [-0.25, -0.2) is 0 Å². The highest BCUT2D eigenvalue weighted by atomic mass is 16.2. The highest BCUT2D eigenvalue weighted by Gasteiger charge is 2.27. The number of piperidine rings is 1. The van der Waals surface area contributed by atoms with Crippen LogP contribution in [0.1, 0.15) is 25.3 Å². The van der Waals surface area contributed by atoms with Crippen molar-refractivity contribution in [2.45, 2.75) is 32.4 Å². The van der Waals surface area contributed by atoms with Crippen molar-refractivity contribution in [1.82, 2.24) is 4.90 Å². The smallest absolute Gasteiger partial charge is 0.223 e. The van der Waals surface area contributed by atoms with Gasteiger partial charge >= 0.3 is 0 Å². The number of hydrogen-bond acceptors (Lipinski definition) is 2. The molecule has 3 nitrogen and oxygen atoms in total. The normalized spacial score (nSPS) is 22.6. The SMILES string of the molecule is CC(N)C1CCN(Cc2ccccc2)C(=O)C1. The molecule has 3 heteroatoms. The molecular formula is C14H20N2O. The highest BCUT2D eigenvalue weighted by Crippen LogP contribution is 2.22. The first-order valence-electron chi connectivity index (χ1n) is 6.24. The monoisotopic (exact) mass is 232 g/mol. The molecule has 1 fully saturated rings. The van der Waals surface area contributed by atoms with Crippen LogP contribution in [-0.4, -0.2) is 23.4 Å². The minimum atomic E-state index is 0.123. The molecule has 0 aliphatic carbocycles. The topological polar surface area (TPSA) is 46.3 Å². The number of likely N-dealkylation sites (tertiary alicyclic amines) is 1. The second-order valence-corrected chi connectivity index (χ2v) is 4.91. The fourth-order valence-corrected chi connectivity index (χ4v) is 2.32. The summed E-state index contributed by atoms with van der Waals surface area (Å²) in [4.78, 5) is 13.9. The molecule has 2 unspecified atom stereocenters. The number of hydrogen-bond donors (Lipinski definition) is 1. The summed E-state index contributed by atoms with van der Waals surface area (Å²) in [6.45, 7) is 3.55. The first-order chi connectivity index (χ1) is 8.16. The Labute approximate surface area is 103 Å². The zero-order valence-corrected chi connectivity index (χ0v) is 10.3. The van der Waals surface area contributed by atoms with Crippen molar-refractivity contribution in [3.05, 3.63) is 35.9 Å². The molecule has 0 saturated carbocycles. The van der Waals surface area contributed by atoms with Crippen LogP contribution in [0.2, 0.25) is 0 Å². The first-order valence-corrected chi connectivity index (χ1v) is 6.24. The first kappa shape index (κ1) is 12.1. The molecule has 2 N–H and O–H groups in total. The van der Waals surface area contributed by atoms with Crippen LogP contribution in [0.4, 0.5) is 0 Å². The number of nitrogens with two attached hydrogens (primary N) is 1. The van der Waals surface area contributed by atoms with E-state index in [4.69, 9.17) is 5.73 Å². The maximum Gasteiger partial charge on any atom is 0.223 e. The van der Waals surface area contributed by atoms with Crippen LogP contribution in [0.25, 0.3) is 0 Å². The van der Waals surface area contributed by atoms with Gasteiger partial charge in [0.05, 0.1) is 0 Å². The fourth-order valence-electron chi connectivity index (χ4n) is 2.32. The largest absolute Gasteiger partial charge is 0.338 e. The summed E-state index contributed by atoms with van der Waals surface area (Å²) in [5.74, 6) is 0.594. The lowest BCUT2D eigenvalue weighted by atomic mass is 9.90. The summed E-state index contributed by atoms with van der Waals surface area (Å²) in [6.07, 6.45) is 1.63. The van der Waals surface area contributed by atoms with Crippen LogP contribution in [0.5, 0.6) is 0 Å². The molecule has 1 aliphatic rings. The Morgan fingerprint density at radius 2 is 2.12 bits per heavy atom. The molecule has 0 spiro atoms. The third kappa shape index (κ3) is 3.07. The van der Waals surface area contributed by atoms with Crippen molar-refractivity contribution in [2.24, 2.45) is 11.7 Å². The molecule has 1 saturated heterocycles. The number of rotatable bonds is 3. The van der Waals surface area contributed by atoms with Gasteiger partial charge in [0.2, 0.25) is 5.91 Å². The minimum absolute atomic E-state index is 0.123. The van der Waals surface area contributed by atoms with E-state index in [1.807, 2.05) is 30.0 Å². The summed E-state index contributed by atoms with van der Waals surface area (Å²) < 4.78 is 0. The number of carbonyl (C=O) groups excluding carboxylic acids is 1. The zero-order chi connectivity index (χ0) is 12.3. The zero-order valence-electron chi connectivity index (χ0n) is 10.3. The molecule has 17 heavy (non-hydrogen) atoms. The standard InChI is InChI=1S/C14H20N2O/c1-11(15)13-7-8-16(14(17)9-13)10-12-5-3-2-4-6-12/h2-6,11,13H,7-10,15H2,1H3. The van der Waals surface area contributed by atoms with Gasteiger partial charge in [-0.05, 0) is 24.8 Å². The molecule has 1 amide bonds. The molecule has 92 valence electrons. The quantitative estimate of drug-likeness (QED) is 0.863. The lowest BCUT2D eigenvalue weighted by Gasteiger charge is -2.33. The molecule has 1 aliphatic heterocycles. The van der Waals surface area contributed by atoms with Crippen LogP contribution in [0.15, 0.2) is 30.3 Å². The van der Waals surface area contributed by atoms with Crippen LogP contribution in [0, 0.1) is 5.92 Å². The van der Waals surface area contributed by atoms with Crippen molar-refractivity contribution >= 4 is 5.91 Å². The highest BCUT2D eigenvalue weighted by molar-refractivity contribution is 5.77. The minimum Gasteiger partial charge on any atom is -0.338 e. The summed E-state index contributed by atoms with van der Waals surface area (Å²) in [5, 5.41) is 0. The van der Waals surface area contributed by atoms with Crippen LogP contribution in [0.3, 0.4) is 0 Å². The van der Waals surface area contributed by atoms with Gasteiger partial charge in [-0.15, -0.1) is 0 Å². The van der Waals surface area contributed by atoms with Crippen molar-refractivity contribution in [3.63, 3.8) is 0 Å². The van der Waals surface area contributed by atoms with E-state index in [2.05, 4.69) is 12.1 Å². The molecule has 2 atom stereocenters. The average molecular weight is 232 g/mol. The van der Waals surface area contributed by atoms with E-state index >= 15 is 0 Å². The number of nitrogens with zero attached hydrogens (tertiary/aromatic N) is 1. The number of amides is 1. The van der Waals surface area contributed by atoms with Gasteiger partial charge in [-0.3, -0.25) is 4.79 Å². The van der Waals surface area contributed by atoms with E-state index in [-0.39, 0.29) is 11.9 Å². The van der Waals surface area contributed by atoms with Gasteiger partial charge in [-0.1, -0.05) is 30.3 Å². The Bertz CT molecular complexity index is 375. The molecular weight excluding hydrogens is 212 g/mol. The lowest BCUT2D eigenvalue weighted by Crippen LogP contribution is -2.42. The average Bonchev–Trinajstić information content (AvgIpc) is 2.33. The fraction of sp³-hybridized carbons (Fsp3) is 0.500. The van der Waals surface area contributed by atoms with E-state index in [1.165, 1.54) is 5.56 Å². The Morgan fingerprint density at radius 3 is 2.71 bits per heavy atom. The molecule has 0 aromatic heterocycles. The Kier molecular flexibility index (Phi) is 3.79. The van der Waals surface area contributed by atoms with E-state index < -0.39 is 0 Å². The van der Waals surface area contributed by atoms with Gasteiger partial charge in [0, 0.05) is 25.6 Å². The van der Waals surface area contributed by atoms with Gasteiger partial charge in [0.15, 0.2) is 0 Å². The third-order valence-electron chi connectivity index (χ3n) is 3.52. The van der Waals surface area contributed by atoms with E-state index in [1.54, 1.807) is 0 Å². The summed E-state index contributed by atoms with van der Waals surface area (Å²) in [5.41, 5.74) is 7.05. The van der Waals surface area contributed by atoms with E-state index in [9.17, 15) is 4.79 Å². The van der Waals surface area contributed by atoms with Crippen molar-refractivity contribution in [3.8, 4) is 0 Å². The number of benzene rings is 1. The third-order valence-corrected chi connectivity index (χ3v) is 3.52.